The van der Waals surface area contributed by atoms with E-state index in [1.165, 1.54) is 62.9 Å². The van der Waals surface area contributed by atoms with Crippen molar-refractivity contribution in [3.05, 3.63) is 47.9 Å². The number of furan rings is 1. The molecule has 0 bridgehead atoms. The first-order valence-electron chi connectivity index (χ1n) is 10.5. The summed E-state index contributed by atoms with van der Waals surface area (Å²) >= 11 is 0. The molecule has 0 spiro atoms. The number of benzene rings is 1. The molecule has 4 rings (SSSR count). The number of likely N-dealkylation sites (tertiary alicyclic amines) is 1. The van der Waals surface area contributed by atoms with Crippen LogP contribution in [-0.4, -0.2) is 44.7 Å². The summed E-state index contributed by atoms with van der Waals surface area (Å²) in [7, 11) is 2.09. The van der Waals surface area contributed by atoms with Gasteiger partial charge in [-0.15, -0.1) is 0 Å². The van der Waals surface area contributed by atoms with Crippen molar-refractivity contribution in [1.82, 2.24) is 4.90 Å². The molecule has 2 aliphatic rings. The third kappa shape index (κ3) is 4.86. The second-order valence-electron chi connectivity index (χ2n) is 8.15. The molecule has 1 unspecified atom stereocenters. The summed E-state index contributed by atoms with van der Waals surface area (Å²) in [6, 6.07) is 8.73. The van der Waals surface area contributed by atoms with E-state index in [-0.39, 0.29) is 0 Å². The molecule has 1 aromatic heterocycles. The highest BCUT2D eigenvalue weighted by molar-refractivity contribution is 5.41. The Kier molecular flexibility index (Phi) is 6.03. The third-order valence-corrected chi connectivity index (χ3v) is 6.08. The Morgan fingerprint density at radius 2 is 2.07 bits per heavy atom. The number of hydrogen-bond acceptors (Lipinski definition) is 4. The molecule has 1 atom stereocenters. The fourth-order valence-corrected chi connectivity index (χ4v) is 4.48. The standard InChI is InChI=1S/C23H32N2O2/c1-24(22-9-14-26-18-22)10-4-13-27-23-8-7-20-15-19(5-6-21(20)16-23)17-25-11-2-3-12-25/h7-9,14,16,18-19H,2-6,10-13,15,17H2,1H3. The van der Waals surface area contributed by atoms with Crippen molar-refractivity contribution in [3.63, 3.8) is 0 Å². The second kappa shape index (κ2) is 8.83. The minimum atomic E-state index is 0.749. The maximum absolute atomic E-state index is 6.02. The molecule has 0 amide bonds. The fourth-order valence-electron chi connectivity index (χ4n) is 4.48. The lowest BCUT2D eigenvalue weighted by atomic mass is 9.83. The van der Waals surface area contributed by atoms with Gasteiger partial charge in [-0.05, 0) is 86.9 Å². The topological polar surface area (TPSA) is 28.9 Å². The lowest BCUT2D eigenvalue weighted by Crippen LogP contribution is -2.30. The van der Waals surface area contributed by atoms with E-state index in [9.17, 15) is 0 Å². The van der Waals surface area contributed by atoms with Gasteiger partial charge < -0.3 is 19.0 Å². The zero-order valence-corrected chi connectivity index (χ0v) is 16.5. The van der Waals surface area contributed by atoms with Crippen LogP contribution in [-0.2, 0) is 12.8 Å². The van der Waals surface area contributed by atoms with Crippen LogP contribution in [0.15, 0.2) is 41.2 Å². The molecule has 146 valence electrons. The minimum Gasteiger partial charge on any atom is -0.494 e. The summed E-state index contributed by atoms with van der Waals surface area (Å²) < 4.78 is 11.1. The van der Waals surface area contributed by atoms with Crippen molar-refractivity contribution >= 4 is 5.69 Å². The molecule has 1 aliphatic heterocycles. The Balaban J connectivity index is 1.22. The van der Waals surface area contributed by atoms with Crippen LogP contribution >= 0.6 is 0 Å². The molecule has 1 fully saturated rings. The van der Waals surface area contributed by atoms with Gasteiger partial charge in [-0.25, -0.2) is 0 Å². The van der Waals surface area contributed by atoms with Gasteiger partial charge in [-0.3, -0.25) is 0 Å². The van der Waals surface area contributed by atoms with Crippen LogP contribution in [0.1, 0.15) is 36.8 Å². The average Bonchev–Trinajstić information content (AvgIpc) is 3.39. The van der Waals surface area contributed by atoms with E-state index in [1.54, 1.807) is 12.5 Å². The number of aryl methyl sites for hydroxylation is 1. The van der Waals surface area contributed by atoms with E-state index >= 15 is 0 Å². The van der Waals surface area contributed by atoms with Crippen molar-refractivity contribution in [2.75, 3.05) is 44.7 Å². The normalized spacial score (nSPS) is 19.8. The number of ether oxygens (including phenoxy) is 1. The molecule has 4 nitrogen and oxygen atoms in total. The maximum Gasteiger partial charge on any atom is 0.119 e. The first-order chi connectivity index (χ1) is 13.3. The van der Waals surface area contributed by atoms with Gasteiger partial charge in [-0.2, -0.15) is 0 Å². The van der Waals surface area contributed by atoms with Crippen LogP contribution in [0.4, 0.5) is 5.69 Å². The first kappa shape index (κ1) is 18.4. The number of rotatable bonds is 8. The molecule has 4 heteroatoms. The fraction of sp³-hybridized carbons (Fsp3) is 0.565. The van der Waals surface area contributed by atoms with Gasteiger partial charge in [0.25, 0.3) is 0 Å². The molecule has 2 aromatic rings. The summed E-state index contributed by atoms with van der Waals surface area (Å²) in [5.74, 6) is 1.86. The number of fused-ring (bicyclic) bond motifs is 1. The summed E-state index contributed by atoms with van der Waals surface area (Å²) in [5, 5.41) is 0. The van der Waals surface area contributed by atoms with Crippen molar-refractivity contribution in [3.8, 4) is 5.75 Å². The van der Waals surface area contributed by atoms with Gasteiger partial charge in [0.05, 0.1) is 18.6 Å². The summed E-state index contributed by atoms with van der Waals surface area (Å²) in [6.45, 7) is 5.63. The summed E-state index contributed by atoms with van der Waals surface area (Å²) in [6.07, 6.45) is 11.0. The van der Waals surface area contributed by atoms with E-state index in [0.29, 0.717) is 0 Å². The molecular formula is C23H32N2O2. The smallest absolute Gasteiger partial charge is 0.119 e. The average molecular weight is 369 g/mol. The molecule has 0 saturated carbocycles. The molecule has 1 aliphatic carbocycles. The maximum atomic E-state index is 6.02. The second-order valence-corrected chi connectivity index (χ2v) is 8.15. The Hall–Kier alpha value is -1.94. The van der Waals surface area contributed by atoms with E-state index in [0.717, 1.165) is 36.9 Å². The van der Waals surface area contributed by atoms with Crippen LogP contribution < -0.4 is 9.64 Å². The molecule has 0 radical (unpaired) electrons. The van der Waals surface area contributed by atoms with E-state index < -0.39 is 0 Å². The third-order valence-electron chi connectivity index (χ3n) is 6.08. The Bertz CT molecular complexity index is 707. The van der Waals surface area contributed by atoms with Gasteiger partial charge in [0.15, 0.2) is 0 Å². The van der Waals surface area contributed by atoms with Gasteiger partial charge in [-0.1, -0.05) is 6.07 Å². The number of anilines is 1. The lowest BCUT2D eigenvalue weighted by molar-refractivity contribution is 0.261. The van der Waals surface area contributed by atoms with Crippen LogP contribution in [0.25, 0.3) is 0 Å². The molecule has 1 aromatic carbocycles. The van der Waals surface area contributed by atoms with Gasteiger partial charge in [0, 0.05) is 20.1 Å². The highest BCUT2D eigenvalue weighted by Crippen LogP contribution is 2.30. The molecule has 2 heterocycles. The van der Waals surface area contributed by atoms with Crippen LogP contribution in [0.2, 0.25) is 0 Å². The monoisotopic (exact) mass is 368 g/mol. The Labute approximate surface area is 163 Å². The number of nitrogens with zero attached hydrogens (tertiary/aromatic N) is 2. The molecule has 1 saturated heterocycles. The predicted molar refractivity (Wildman–Crippen MR) is 110 cm³/mol. The Morgan fingerprint density at radius 1 is 1.19 bits per heavy atom. The van der Waals surface area contributed by atoms with Crippen molar-refractivity contribution in [1.29, 1.82) is 0 Å². The van der Waals surface area contributed by atoms with E-state index in [4.69, 9.17) is 9.15 Å². The highest BCUT2D eigenvalue weighted by atomic mass is 16.5. The van der Waals surface area contributed by atoms with Gasteiger partial charge in [0.1, 0.15) is 12.0 Å². The van der Waals surface area contributed by atoms with Gasteiger partial charge >= 0.3 is 0 Å². The quantitative estimate of drug-likeness (QED) is 0.647. The SMILES string of the molecule is CN(CCCOc1ccc2c(c1)CCC(CN1CCCC1)C2)c1ccoc1. The number of hydrogen-bond donors (Lipinski definition) is 0. The summed E-state index contributed by atoms with van der Waals surface area (Å²) in [4.78, 5) is 4.86. The van der Waals surface area contributed by atoms with Crippen LogP contribution in [0.3, 0.4) is 0 Å². The summed E-state index contributed by atoms with van der Waals surface area (Å²) in [5.41, 5.74) is 4.16. The van der Waals surface area contributed by atoms with Crippen molar-refractivity contribution in [2.45, 2.75) is 38.5 Å². The molecule has 0 N–H and O–H groups in total. The molecular weight excluding hydrogens is 336 g/mol. The Morgan fingerprint density at radius 3 is 2.89 bits per heavy atom. The van der Waals surface area contributed by atoms with E-state index in [1.807, 2.05) is 6.07 Å². The first-order valence-corrected chi connectivity index (χ1v) is 10.5. The van der Waals surface area contributed by atoms with Crippen LogP contribution in [0, 0.1) is 5.92 Å². The van der Waals surface area contributed by atoms with E-state index in [2.05, 4.69) is 35.0 Å². The predicted octanol–water partition coefficient (Wildman–Crippen LogP) is 4.39. The van der Waals surface area contributed by atoms with Crippen molar-refractivity contribution < 1.29 is 9.15 Å². The minimum absolute atomic E-state index is 0.749. The zero-order valence-electron chi connectivity index (χ0n) is 16.5. The largest absolute Gasteiger partial charge is 0.494 e. The van der Waals surface area contributed by atoms with Crippen molar-refractivity contribution in [2.24, 2.45) is 5.92 Å². The van der Waals surface area contributed by atoms with Gasteiger partial charge in [0.2, 0.25) is 0 Å². The lowest BCUT2D eigenvalue weighted by Gasteiger charge is -2.28. The zero-order chi connectivity index (χ0) is 18.5. The molecule has 27 heavy (non-hydrogen) atoms. The van der Waals surface area contributed by atoms with Crippen LogP contribution in [0.5, 0.6) is 5.75 Å². The highest BCUT2D eigenvalue weighted by Gasteiger charge is 2.22.